The molecule has 0 aliphatic carbocycles. The number of urea groups is 1. The number of hydrogen-bond donors (Lipinski definition) is 3. The Morgan fingerprint density at radius 2 is 1.82 bits per heavy atom. The smallest absolute Gasteiger partial charge is 0.416 e. The average Bonchev–Trinajstić information content (AvgIpc) is 2.42. The van der Waals surface area contributed by atoms with Crippen LogP contribution in [-0.4, -0.2) is 11.1 Å². The molecule has 0 saturated heterocycles. The fraction of sp³-hybridized carbons (Fsp3) is 0.0714. The summed E-state index contributed by atoms with van der Waals surface area (Å²) in [7, 11) is 0. The Kier molecular flexibility index (Phi) is 4.46. The first-order chi connectivity index (χ1) is 10.3. The first kappa shape index (κ1) is 16.0. The molecule has 3 N–H and O–H groups in total. The lowest BCUT2D eigenvalue weighted by molar-refractivity contribution is -0.137. The van der Waals surface area contributed by atoms with E-state index in [9.17, 15) is 23.1 Å². The predicted octanol–water partition coefficient (Wildman–Crippen LogP) is 4.71. The van der Waals surface area contributed by atoms with Crippen LogP contribution in [-0.2, 0) is 6.18 Å². The van der Waals surface area contributed by atoms with Gasteiger partial charge in [-0.05, 0) is 36.4 Å². The maximum Gasteiger partial charge on any atom is 0.416 e. The molecule has 0 bridgehead atoms. The van der Waals surface area contributed by atoms with Crippen molar-refractivity contribution in [1.82, 2.24) is 0 Å². The van der Waals surface area contributed by atoms with Crippen molar-refractivity contribution in [3.05, 3.63) is 53.1 Å². The molecule has 116 valence electrons. The molecule has 0 radical (unpaired) electrons. The number of amides is 2. The Balaban J connectivity index is 2.11. The maximum atomic E-state index is 12.6. The molecule has 2 aromatic rings. The molecule has 0 saturated carbocycles. The summed E-state index contributed by atoms with van der Waals surface area (Å²) >= 11 is 5.72. The first-order valence-corrected chi connectivity index (χ1v) is 6.37. The maximum absolute atomic E-state index is 12.6. The third-order valence-corrected chi connectivity index (χ3v) is 2.89. The van der Waals surface area contributed by atoms with Gasteiger partial charge in [-0.15, -0.1) is 0 Å². The highest BCUT2D eigenvalue weighted by Gasteiger charge is 2.30. The lowest BCUT2D eigenvalue weighted by Gasteiger charge is -2.11. The molecule has 0 atom stereocenters. The second kappa shape index (κ2) is 6.15. The number of aromatic hydroxyl groups is 1. The Bertz CT molecular complexity index is 705. The van der Waals surface area contributed by atoms with E-state index in [1.807, 2.05) is 0 Å². The zero-order valence-corrected chi connectivity index (χ0v) is 11.7. The minimum Gasteiger partial charge on any atom is -0.506 e. The van der Waals surface area contributed by atoms with Gasteiger partial charge < -0.3 is 15.7 Å². The number of carbonyl (C=O) groups is 1. The zero-order chi connectivity index (χ0) is 16.3. The van der Waals surface area contributed by atoms with E-state index in [0.29, 0.717) is 0 Å². The van der Waals surface area contributed by atoms with Crippen LogP contribution in [0.5, 0.6) is 5.75 Å². The van der Waals surface area contributed by atoms with Crippen LogP contribution in [0.15, 0.2) is 42.5 Å². The topological polar surface area (TPSA) is 61.4 Å². The molecule has 8 heteroatoms. The normalized spacial score (nSPS) is 11.1. The largest absolute Gasteiger partial charge is 0.506 e. The molecule has 22 heavy (non-hydrogen) atoms. The highest BCUT2D eigenvalue weighted by Crippen LogP contribution is 2.31. The van der Waals surface area contributed by atoms with Crippen LogP contribution in [0.1, 0.15) is 5.56 Å². The van der Waals surface area contributed by atoms with Crippen LogP contribution in [0, 0.1) is 0 Å². The van der Waals surface area contributed by atoms with Crippen molar-refractivity contribution in [1.29, 1.82) is 0 Å². The van der Waals surface area contributed by atoms with E-state index in [4.69, 9.17) is 11.6 Å². The highest BCUT2D eigenvalue weighted by atomic mass is 35.5. The van der Waals surface area contributed by atoms with Crippen LogP contribution >= 0.6 is 11.6 Å². The minimum absolute atomic E-state index is 0.0335. The first-order valence-electron chi connectivity index (χ1n) is 5.99. The van der Waals surface area contributed by atoms with E-state index in [-0.39, 0.29) is 22.1 Å². The lowest BCUT2D eigenvalue weighted by Crippen LogP contribution is -2.19. The number of phenols is 1. The lowest BCUT2D eigenvalue weighted by atomic mass is 10.2. The summed E-state index contributed by atoms with van der Waals surface area (Å²) in [5, 5.41) is 14.4. The van der Waals surface area contributed by atoms with Gasteiger partial charge in [0.15, 0.2) is 0 Å². The van der Waals surface area contributed by atoms with Crippen LogP contribution in [0.25, 0.3) is 0 Å². The summed E-state index contributed by atoms with van der Waals surface area (Å²) in [5.74, 6) is -0.219. The number of phenolic OH excluding ortho intramolecular Hbond substituents is 1. The molecular weight excluding hydrogens is 321 g/mol. The number of nitrogens with one attached hydrogen (secondary N) is 2. The summed E-state index contributed by atoms with van der Waals surface area (Å²) in [5.41, 5.74) is -0.873. The minimum atomic E-state index is -4.50. The summed E-state index contributed by atoms with van der Waals surface area (Å²) in [6.45, 7) is 0. The standard InChI is InChI=1S/C14H10ClF3N2O2/c15-9-4-5-12(21)11(7-9)20-13(22)19-10-3-1-2-8(6-10)14(16,17)18/h1-7,21H,(H2,19,20,22). The quantitative estimate of drug-likeness (QED) is 0.698. The van der Waals surface area contributed by atoms with Crippen molar-refractivity contribution in [2.45, 2.75) is 6.18 Å². The average molecular weight is 331 g/mol. The fourth-order valence-corrected chi connectivity index (χ4v) is 1.84. The van der Waals surface area contributed by atoms with Gasteiger partial charge in [-0.2, -0.15) is 13.2 Å². The van der Waals surface area contributed by atoms with Gasteiger partial charge in [0.25, 0.3) is 0 Å². The molecule has 4 nitrogen and oxygen atoms in total. The Hall–Kier alpha value is -2.41. The Labute approximate surface area is 128 Å². The number of benzene rings is 2. The number of hydrogen-bond acceptors (Lipinski definition) is 2. The van der Waals surface area contributed by atoms with Gasteiger partial charge in [-0.3, -0.25) is 0 Å². The van der Waals surface area contributed by atoms with Gasteiger partial charge in [-0.25, -0.2) is 4.79 Å². The van der Waals surface area contributed by atoms with Crippen molar-refractivity contribution in [2.75, 3.05) is 10.6 Å². The van der Waals surface area contributed by atoms with Crippen molar-refractivity contribution in [3.8, 4) is 5.75 Å². The van der Waals surface area contributed by atoms with E-state index in [2.05, 4.69) is 10.6 Å². The van der Waals surface area contributed by atoms with Gasteiger partial charge in [0.2, 0.25) is 0 Å². The molecule has 0 aliphatic heterocycles. The Morgan fingerprint density at radius 3 is 2.50 bits per heavy atom. The molecule has 2 amide bonds. The van der Waals surface area contributed by atoms with Gasteiger partial charge >= 0.3 is 12.2 Å². The van der Waals surface area contributed by atoms with E-state index >= 15 is 0 Å². The highest BCUT2D eigenvalue weighted by molar-refractivity contribution is 6.31. The van der Waals surface area contributed by atoms with Gasteiger partial charge in [0.1, 0.15) is 5.75 Å². The summed E-state index contributed by atoms with van der Waals surface area (Å²) in [6.07, 6.45) is -4.50. The van der Waals surface area contributed by atoms with Crippen LogP contribution in [0.4, 0.5) is 29.3 Å². The molecular formula is C14H10ClF3N2O2. The summed E-state index contributed by atoms with van der Waals surface area (Å²) < 4.78 is 37.7. The Morgan fingerprint density at radius 1 is 1.09 bits per heavy atom. The molecule has 2 aromatic carbocycles. The third-order valence-electron chi connectivity index (χ3n) is 2.65. The van der Waals surface area contributed by atoms with Crippen LogP contribution in [0.3, 0.4) is 0 Å². The van der Waals surface area contributed by atoms with Crippen LogP contribution < -0.4 is 10.6 Å². The van der Waals surface area contributed by atoms with E-state index in [1.165, 1.54) is 30.3 Å². The zero-order valence-electron chi connectivity index (χ0n) is 10.9. The van der Waals surface area contributed by atoms with Crippen LogP contribution in [0.2, 0.25) is 5.02 Å². The predicted molar refractivity (Wildman–Crippen MR) is 77.2 cm³/mol. The van der Waals surface area contributed by atoms with Crippen molar-refractivity contribution in [2.24, 2.45) is 0 Å². The number of rotatable bonds is 2. The van der Waals surface area contributed by atoms with Gasteiger partial charge in [0.05, 0.1) is 11.3 Å². The summed E-state index contributed by atoms with van der Waals surface area (Å²) in [4.78, 5) is 11.7. The number of anilines is 2. The fourth-order valence-electron chi connectivity index (χ4n) is 1.67. The molecule has 0 aliphatic rings. The second-order valence-electron chi connectivity index (χ2n) is 4.32. The second-order valence-corrected chi connectivity index (χ2v) is 4.76. The molecule has 0 unspecified atom stereocenters. The van der Waals surface area contributed by atoms with Crippen molar-refractivity contribution in [3.63, 3.8) is 0 Å². The van der Waals surface area contributed by atoms with E-state index in [1.54, 1.807) is 0 Å². The van der Waals surface area contributed by atoms with Crippen molar-refractivity contribution < 1.29 is 23.1 Å². The number of carbonyl (C=O) groups excluding carboxylic acids is 1. The SMILES string of the molecule is O=C(Nc1cccc(C(F)(F)F)c1)Nc1cc(Cl)ccc1O. The molecule has 2 rings (SSSR count). The molecule has 0 heterocycles. The van der Waals surface area contributed by atoms with E-state index < -0.39 is 17.8 Å². The number of halogens is 4. The van der Waals surface area contributed by atoms with Gasteiger partial charge in [0, 0.05) is 10.7 Å². The van der Waals surface area contributed by atoms with E-state index in [0.717, 1.165) is 12.1 Å². The third kappa shape index (κ3) is 4.05. The van der Waals surface area contributed by atoms with Gasteiger partial charge in [-0.1, -0.05) is 17.7 Å². The molecule has 0 fully saturated rings. The molecule has 0 spiro atoms. The van der Waals surface area contributed by atoms with Crippen molar-refractivity contribution >= 4 is 29.0 Å². The monoisotopic (exact) mass is 330 g/mol. The number of alkyl halides is 3. The molecule has 0 aromatic heterocycles. The summed E-state index contributed by atoms with van der Waals surface area (Å²) in [6, 6.07) is 7.39.